The summed E-state index contributed by atoms with van der Waals surface area (Å²) in [6.45, 7) is 8.12. The van der Waals surface area contributed by atoms with Crippen molar-refractivity contribution in [3.63, 3.8) is 0 Å². The summed E-state index contributed by atoms with van der Waals surface area (Å²) in [5.41, 5.74) is 2.10. The van der Waals surface area contributed by atoms with E-state index in [1.165, 1.54) is 4.68 Å². The first kappa shape index (κ1) is 19.3. The van der Waals surface area contributed by atoms with Gasteiger partial charge in [-0.15, -0.1) is 0 Å². The van der Waals surface area contributed by atoms with Crippen LogP contribution >= 0.6 is 0 Å². The lowest BCUT2D eigenvalue weighted by atomic mass is 10.2. The molecule has 1 atom stereocenters. The molecule has 0 aliphatic heterocycles. The molecule has 0 saturated carbocycles. The molecule has 3 rings (SSSR count). The van der Waals surface area contributed by atoms with Gasteiger partial charge in [0.2, 0.25) is 5.91 Å². The van der Waals surface area contributed by atoms with Crippen LogP contribution < -0.4 is 5.32 Å². The van der Waals surface area contributed by atoms with Crippen LogP contribution in [0.5, 0.6) is 0 Å². The molecule has 0 fully saturated rings. The number of anilines is 1. The molecule has 3 aromatic rings. The summed E-state index contributed by atoms with van der Waals surface area (Å²) in [7, 11) is 0. The summed E-state index contributed by atoms with van der Waals surface area (Å²) in [5, 5.41) is 26.5. The minimum absolute atomic E-state index is 0.0694. The number of hydrogen-bond acceptors (Lipinski definition) is 6. The Morgan fingerprint density at radius 1 is 1.25 bits per heavy atom. The van der Waals surface area contributed by atoms with E-state index in [4.69, 9.17) is 0 Å². The quantitative estimate of drug-likeness (QED) is 0.489. The molecule has 0 bridgehead atoms. The van der Waals surface area contributed by atoms with Crippen molar-refractivity contribution in [3.05, 3.63) is 51.9 Å². The Labute approximate surface area is 161 Å². The Kier molecular flexibility index (Phi) is 5.25. The molecule has 0 spiro atoms. The first-order valence-corrected chi connectivity index (χ1v) is 8.84. The molecule has 0 aliphatic rings. The summed E-state index contributed by atoms with van der Waals surface area (Å²) in [6.07, 6.45) is 7.00. The number of aromatic nitrogens is 6. The number of carbonyl (C=O) groups excluding carboxylic acids is 1. The average molecular weight is 386 g/mol. The summed E-state index contributed by atoms with van der Waals surface area (Å²) in [5.74, 6) is -0.334. The maximum absolute atomic E-state index is 12.6. The highest BCUT2D eigenvalue weighted by atomic mass is 16.6. The van der Waals surface area contributed by atoms with Crippen molar-refractivity contribution >= 4 is 17.3 Å². The van der Waals surface area contributed by atoms with Gasteiger partial charge in [0.25, 0.3) is 0 Å². The molecular formula is C17H22N8O3. The van der Waals surface area contributed by atoms with Crippen LogP contribution in [-0.4, -0.2) is 40.2 Å². The first-order chi connectivity index (χ1) is 13.3. The largest absolute Gasteiger partial charge is 0.322 e. The molecule has 11 heteroatoms. The van der Waals surface area contributed by atoms with Crippen LogP contribution in [0.15, 0.2) is 24.8 Å². The van der Waals surface area contributed by atoms with Crippen molar-refractivity contribution in [1.29, 1.82) is 0 Å². The van der Waals surface area contributed by atoms with Crippen LogP contribution in [0.2, 0.25) is 0 Å². The molecule has 1 amide bonds. The number of nitrogens with one attached hydrogen (secondary N) is 1. The van der Waals surface area contributed by atoms with Gasteiger partial charge in [-0.05, 0) is 27.7 Å². The van der Waals surface area contributed by atoms with Crippen molar-refractivity contribution in [2.45, 2.75) is 46.8 Å². The third kappa shape index (κ3) is 3.77. The second-order valence-corrected chi connectivity index (χ2v) is 6.52. The number of rotatable bonds is 7. The summed E-state index contributed by atoms with van der Waals surface area (Å²) >= 11 is 0. The fourth-order valence-corrected chi connectivity index (χ4v) is 3.02. The molecule has 0 saturated heterocycles. The van der Waals surface area contributed by atoms with E-state index in [0.29, 0.717) is 17.9 Å². The van der Waals surface area contributed by atoms with Gasteiger partial charge in [-0.2, -0.15) is 15.3 Å². The number of nitrogens with zero attached hydrogens (tertiary/aromatic N) is 7. The fourth-order valence-electron chi connectivity index (χ4n) is 3.02. The number of hydrogen-bond donors (Lipinski definition) is 1. The van der Waals surface area contributed by atoms with Crippen molar-refractivity contribution in [1.82, 2.24) is 29.3 Å². The fraction of sp³-hybridized carbons (Fsp3) is 0.412. The van der Waals surface area contributed by atoms with Gasteiger partial charge in [-0.1, -0.05) is 0 Å². The third-order valence-corrected chi connectivity index (χ3v) is 4.47. The van der Waals surface area contributed by atoms with E-state index in [-0.39, 0.29) is 17.3 Å². The van der Waals surface area contributed by atoms with E-state index in [2.05, 4.69) is 20.6 Å². The number of amides is 1. The Morgan fingerprint density at radius 3 is 2.57 bits per heavy atom. The maximum atomic E-state index is 12.6. The first-order valence-electron chi connectivity index (χ1n) is 8.84. The van der Waals surface area contributed by atoms with E-state index in [1.807, 2.05) is 17.8 Å². The van der Waals surface area contributed by atoms with E-state index in [0.717, 1.165) is 12.1 Å². The smallest absolute Gasteiger partial charge is 0.312 e. The van der Waals surface area contributed by atoms with Crippen LogP contribution in [0.4, 0.5) is 11.4 Å². The number of nitro groups is 1. The van der Waals surface area contributed by atoms with Crippen LogP contribution in [0.25, 0.3) is 0 Å². The molecule has 1 unspecified atom stereocenters. The predicted molar refractivity (Wildman–Crippen MR) is 101 cm³/mol. The van der Waals surface area contributed by atoms with Gasteiger partial charge in [-0.3, -0.25) is 29.0 Å². The van der Waals surface area contributed by atoms with Crippen molar-refractivity contribution < 1.29 is 9.72 Å². The highest BCUT2D eigenvalue weighted by Gasteiger charge is 2.27. The number of aryl methyl sites for hydroxylation is 2. The molecule has 1 N–H and O–H groups in total. The zero-order valence-electron chi connectivity index (χ0n) is 16.2. The normalized spacial score (nSPS) is 12.1. The van der Waals surface area contributed by atoms with Gasteiger partial charge in [0, 0.05) is 24.5 Å². The molecule has 28 heavy (non-hydrogen) atoms. The second-order valence-electron chi connectivity index (χ2n) is 6.52. The minimum atomic E-state index is -0.710. The lowest BCUT2D eigenvalue weighted by molar-refractivity contribution is -0.386. The topological polar surface area (TPSA) is 126 Å². The lowest BCUT2D eigenvalue weighted by Crippen LogP contribution is -2.25. The van der Waals surface area contributed by atoms with E-state index in [1.54, 1.807) is 44.0 Å². The van der Waals surface area contributed by atoms with E-state index < -0.39 is 11.0 Å². The van der Waals surface area contributed by atoms with Crippen molar-refractivity contribution in [2.75, 3.05) is 5.32 Å². The van der Waals surface area contributed by atoms with Crippen LogP contribution in [0.3, 0.4) is 0 Å². The molecular weight excluding hydrogens is 364 g/mol. The SMILES string of the molecule is CCn1cc(Cn2cc(NC(=O)C(C)n3nc(C)c([N+](=O)[O-])c3C)cn2)cn1. The Morgan fingerprint density at radius 2 is 1.96 bits per heavy atom. The van der Waals surface area contributed by atoms with Gasteiger partial charge >= 0.3 is 5.69 Å². The summed E-state index contributed by atoms with van der Waals surface area (Å²) < 4.78 is 4.90. The predicted octanol–water partition coefficient (Wildman–Crippen LogP) is 2.07. The Bertz CT molecular complexity index is 1020. The van der Waals surface area contributed by atoms with Gasteiger partial charge < -0.3 is 5.32 Å². The highest BCUT2D eigenvalue weighted by Crippen LogP contribution is 2.25. The molecule has 0 aliphatic carbocycles. The van der Waals surface area contributed by atoms with Crippen molar-refractivity contribution in [2.24, 2.45) is 0 Å². The van der Waals surface area contributed by atoms with Crippen LogP contribution in [0.1, 0.15) is 36.8 Å². The molecule has 3 aromatic heterocycles. The average Bonchev–Trinajstić information content (AvgIpc) is 3.34. The summed E-state index contributed by atoms with van der Waals surface area (Å²) in [4.78, 5) is 23.2. The summed E-state index contributed by atoms with van der Waals surface area (Å²) in [6, 6.07) is -0.710. The van der Waals surface area contributed by atoms with Crippen LogP contribution in [0, 0.1) is 24.0 Å². The van der Waals surface area contributed by atoms with Gasteiger partial charge in [0.1, 0.15) is 17.4 Å². The Balaban J connectivity index is 1.69. The number of carbonyl (C=O) groups is 1. The standard InChI is InChI=1S/C17H22N8O3/c1-5-22-8-14(6-18-22)9-23-10-15(7-19-23)20-17(26)13(4)24-12(3)16(25(27)28)11(2)21-24/h6-8,10,13H,5,9H2,1-4H3,(H,20,26). The highest BCUT2D eigenvalue weighted by molar-refractivity contribution is 5.93. The maximum Gasteiger partial charge on any atom is 0.312 e. The lowest BCUT2D eigenvalue weighted by Gasteiger charge is -2.13. The third-order valence-electron chi connectivity index (χ3n) is 4.47. The van der Waals surface area contributed by atoms with E-state index >= 15 is 0 Å². The van der Waals surface area contributed by atoms with Crippen LogP contribution in [-0.2, 0) is 17.9 Å². The van der Waals surface area contributed by atoms with Gasteiger partial charge in [0.05, 0.1) is 29.5 Å². The molecule has 11 nitrogen and oxygen atoms in total. The second kappa shape index (κ2) is 7.62. The molecule has 0 radical (unpaired) electrons. The zero-order chi connectivity index (χ0) is 20.4. The minimum Gasteiger partial charge on any atom is -0.322 e. The Hall–Kier alpha value is -3.50. The van der Waals surface area contributed by atoms with E-state index in [9.17, 15) is 14.9 Å². The molecule has 0 aromatic carbocycles. The molecule has 148 valence electrons. The zero-order valence-corrected chi connectivity index (χ0v) is 16.2. The van der Waals surface area contributed by atoms with Crippen molar-refractivity contribution in [3.8, 4) is 0 Å². The van der Waals surface area contributed by atoms with Gasteiger partial charge in [0.15, 0.2) is 0 Å². The monoisotopic (exact) mass is 386 g/mol. The molecule has 3 heterocycles. The van der Waals surface area contributed by atoms with Gasteiger partial charge in [-0.25, -0.2) is 0 Å².